The molecule has 0 unspecified atom stereocenters. The Morgan fingerprint density at radius 1 is 1.39 bits per heavy atom. The van der Waals surface area contributed by atoms with Crippen LogP contribution >= 0.6 is 27.3 Å². The minimum atomic E-state index is -1.03. The van der Waals surface area contributed by atoms with E-state index in [4.69, 9.17) is 0 Å². The molecule has 1 N–H and O–H groups in total. The Hall–Kier alpha value is -1.99. The summed E-state index contributed by atoms with van der Waals surface area (Å²) in [6.07, 6.45) is 1.65. The van der Waals surface area contributed by atoms with Crippen LogP contribution < -0.4 is 5.56 Å². The molecule has 0 aliphatic rings. The van der Waals surface area contributed by atoms with Crippen molar-refractivity contribution in [3.05, 3.63) is 50.8 Å². The summed E-state index contributed by atoms with van der Waals surface area (Å²) in [7, 11) is 0. The summed E-state index contributed by atoms with van der Waals surface area (Å²) in [5, 5.41) is 11.7. The van der Waals surface area contributed by atoms with Crippen molar-refractivity contribution in [1.29, 1.82) is 0 Å². The fourth-order valence-electron chi connectivity index (χ4n) is 2.50. The number of hydrogen-bond acceptors (Lipinski definition) is 4. The molecule has 0 amide bonds. The Labute approximate surface area is 144 Å². The molecule has 3 rings (SSSR count). The average Bonchev–Trinajstić information content (AvgIpc) is 2.95. The second-order valence-corrected chi connectivity index (χ2v) is 6.83. The molecule has 1 aromatic carbocycles. The summed E-state index contributed by atoms with van der Waals surface area (Å²) in [4.78, 5) is 29.1. The first-order chi connectivity index (χ1) is 11.0. The Morgan fingerprint density at radius 2 is 2.09 bits per heavy atom. The first kappa shape index (κ1) is 15.9. The van der Waals surface area contributed by atoms with Gasteiger partial charge in [0, 0.05) is 15.4 Å². The van der Waals surface area contributed by atoms with Gasteiger partial charge in [-0.15, -0.1) is 11.3 Å². The van der Waals surface area contributed by atoms with E-state index < -0.39 is 12.0 Å². The van der Waals surface area contributed by atoms with E-state index in [0.29, 0.717) is 16.6 Å². The van der Waals surface area contributed by atoms with Crippen LogP contribution in [0.2, 0.25) is 0 Å². The summed E-state index contributed by atoms with van der Waals surface area (Å²) < 4.78 is 2.16. The van der Waals surface area contributed by atoms with E-state index in [1.54, 1.807) is 6.92 Å². The van der Waals surface area contributed by atoms with Gasteiger partial charge in [0.15, 0.2) is 0 Å². The minimum Gasteiger partial charge on any atom is -0.480 e. The predicted molar refractivity (Wildman–Crippen MR) is 94.0 cm³/mol. The lowest BCUT2D eigenvalue weighted by Crippen LogP contribution is -2.29. The van der Waals surface area contributed by atoms with Gasteiger partial charge in [-0.1, -0.05) is 35.0 Å². The number of rotatable bonds is 4. The van der Waals surface area contributed by atoms with Crippen LogP contribution in [0.5, 0.6) is 0 Å². The maximum Gasteiger partial charge on any atom is 0.326 e. The monoisotopic (exact) mass is 392 g/mol. The molecule has 118 valence electrons. The smallest absolute Gasteiger partial charge is 0.326 e. The van der Waals surface area contributed by atoms with Gasteiger partial charge in [0.05, 0.1) is 11.7 Å². The molecule has 0 fully saturated rings. The van der Waals surface area contributed by atoms with Gasteiger partial charge in [-0.2, -0.15) is 0 Å². The third kappa shape index (κ3) is 2.82. The number of carboxylic acid groups (broad SMARTS) is 1. The standard InChI is InChI=1S/C16H13BrN2O3S/c1-2-12(16(21)22)19-8-18-14-13(15(19)20)11(7-23-14)9-3-5-10(17)6-4-9/h3-8,12H,2H2,1H3,(H,21,22)/t12-/m1/s1. The highest BCUT2D eigenvalue weighted by Crippen LogP contribution is 2.31. The van der Waals surface area contributed by atoms with Crippen LogP contribution in [0.1, 0.15) is 19.4 Å². The van der Waals surface area contributed by atoms with Gasteiger partial charge in [0.25, 0.3) is 5.56 Å². The molecular weight excluding hydrogens is 380 g/mol. The summed E-state index contributed by atoms with van der Waals surface area (Å²) in [6.45, 7) is 1.73. The number of hydrogen-bond donors (Lipinski definition) is 1. The topological polar surface area (TPSA) is 72.2 Å². The van der Waals surface area contributed by atoms with E-state index in [-0.39, 0.29) is 5.56 Å². The second kappa shape index (κ2) is 6.25. The van der Waals surface area contributed by atoms with E-state index in [1.807, 2.05) is 29.6 Å². The fourth-order valence-corrected chi connectivity index (χ4v) is 3.67. The number of benzene rings is 1. The lowest BCUT2D eigenvalue weighted by molar-refractivity contribution is -0.141. The maximum atomic E-state index is 12.8. The Bertz CT molecular complexity index is 931. The van der Waals surface area contributed by atoms with Crippen molar-refractivity contribution in [2.45, 2.75) is 19.4 Å². The van der Waals surface area contributed by atoms with Crippen molar-refractivity contribution in [2.24, 2.45) is 0 Å². The molecule has 23 heavy (non-hydrogen) atoms. The molecule has 5 nitrogen and oxygen atoms in total. The molecule has 2 aromatic heterocycles. The number of carboxylic acids is 1. The second-order valence-electron chi connectivity index (χ2n) is 5.06. The third-order valence-corrected chi connectivity index (χ3v) is 5.10. The minimum absolute atomic E-state index is 0.316. The molecule has 2 heterocycles. The highest BCUT2D eigenvalue weighted by molar-refractivity contribution is 9.10. The highest BCUT2D eigenvalue weighted by atomic mass is 79.9. The van der Waals surface area contributed by atoms with E-state index in [9.17, 15) is 14.7 Å². The van der Waals surface area contributed by atoms with Crippen LogP contribution in [0.3, 0.4) is 0 Å². The van der Waals surface area contributed by atoms with Gasteiger partial charge in [-0.3, -0.25) is 9.36 Å². The zero-order valence-electron chi connectivity index (χ0n) is 12.2. The molecule has 0 radical (unpaired) electrons. The van der Waals surface area contributed by atoms with E-state index in [0.717, 1.165) is 15.6 Å². The normalized spacial score (nSPS) is 12.4. The largest absolute Gasteiger partial charge is 0.480 e. The molecular formula is C16H13BrN2O3S. The zero-order valence-corrected chi connectivity index (χ0v) is 14.6. The fraction of sp³-hybridized carbons (Fsp3) is 0.188. The maximum absolute atomic E-state index is 12.8. The van der Waals surface area contributed by atoms with Crippen LogP contribution in [0.15, 0.2) is 45.2 Å². The van der Waals surface area contributed by atoms with Crippen LogP contribution in [0, 0.1) is 0 Å². The molecule has 0 saturated carbocycles. The van der Waals surface area contributed by atoms with Gasteiger partial charge in [-0.25, -0.2) is 9.78 Å². The number of fused-ring (bicyclic) bond motifs is 1. The highest BCUT2D eigenvalue weighted by Gasteiger charge is 2.21. The van der Waals surface area contributed by atoms with Gasteiger partial charge in [0.2, 0.25) is 0 Å². The lowest BCUT2D eigenvalue weighted by atomic mass is 10.1. The number of carbonyl (C=O) groups is 1. The molecule has 7 heteroatoms. The van der Waals surface area contributed by atoms with Crippen molar-refractivity contribution < 1.29 is 9.90 Å². The quantitative estimate of drug-likeness (QED) is 0.729. The van der Waals surface area contributed by atoms with E-state index in [1.165, 1.54) is 22.2 Å². The van der Waals surface area contributed by atoms with Crippen molar-refractivity contribution >= 4 is 43.5 Å². The van der Waals surface area contributed by atoms with Crippen LogP contribution in [0.25, 0.3) is 21.3 Å². The summed E-state index contributed by atoms with van der Waals surface area (Å²) in [5.41, 5.74) is 1.37. The summed E-state index contributed by atoms with van der Waals surface area (Å²) in [5.74, 6) is -1.03. The molecule has 3 aromatic rings. The summed E-state index contributed by atoms with van der Waals surface area (Å²) in [6, 6.07) is 6.73. The van der Waals surface area contributed by atoms with Gasteiger partial charge in [-0.05, 0) is 24.1 Å². The van der Waals surface area contributed by atoms with Gasteiger partial charge < -0.3 is 5.11 Å². The third-order valence-electron chi connectivity index (χ3n) is 3.68. The van der Waals surface area contributed by atoms with E-state index >= 15 is 0 Å². The Kier molecular flexibility index (Phi) is 4.32. The van der Waals surface area contributed by atoms with Crippen LogP contribution in [0.4, 0.5) is 0 Å². The number of aliphatic carboxylic acids is 1. The average molecular weight is 393 g/mol. The Balaban J connectivity index is 2.24. The van der Waals surface area contributed by atoms with Gasteiger partial charge in [0.1, 0.15) is 10.9 Å². The Morgan fingerprint density at radius 3 is 2.70 bits per heavy atom. The predicted octanol–water partition coefficient (Wildman–Crippen LogP) is 3.92. The van der Waals surface area contributed by atoms with Gasteiger partial charge >= 0.3 is 5.97 Å². The summed E-state index contributed by atoms with van der Waals surface area (Å²) >= 11 is 4.77. The van der Waals surface area contributed by atoms with Crippen LogP contribution in [-0.4, -0.2) is 20.6 Å². The number of thiophene rings is 1. The zero-order chi connectivity index (χ0) is 16.6. The first-order valence-electron chi connectivity index (χ1n) is 7.00. The van der Waals surface area contributed by atoms with Crippen molar-refractivity contribution in [2.75, 3.05) is 0 Å². The molecule has 0 aliphatic heterocycles. The number of aromatic nitrogens is 2. The van der Waals surface area contributed by atoms with Crippen LogP contribution in [-0.2, 0) is 4.79 Å². The lowest BCUT2D eigenvalue weighted by Gasteiger charge is -2.13. The van der Waals surface area contributed by atoms with Crippen molar-refractivity contribution in [3.63, 3.8) is 0 Å². The molecule has 1 atom stereocenters. The molecule has 0 spiro atoms. The van der Waals surface area contributed by atoms with Crippen molar-refractivity contribution in [3.8, 4) is 11.1 Å². The first-order valence-corrected chi connectivity index (χ1v) is 8.67. The van der Waals surface area contributed by atoms with E-state index in [2.05, 4.69) is 20.9 Å². The SMILES string of the molecule is CC[C@H](C(=O)O)n1cnc2scc(-c3ccc(Br)cc3)c2c1=O. The number of nitrogens with zero attached hydrogens (tertiary/aromatic N) is 2. The molecule has 0 aliphatic carbocycles. The molecule has 0 bridgehead atoms. The molecule has 0 saturated heterocycles. The van der Waals surface area contributed by atoms with Crippen molar-refractivity contribution in [1.82, 2.24) is 9.55 Å². The number of halogens is 1.